The molecule has 1 nitrogen and oxygen atoms in total. The average molecular weight is 255 g/mol. The van der Waals surface area contributed by atoms with Crippen LogP contribution in [0.15, 0.2) is 36.4 Å². The number of rotatable bonds is 8. The first-order valence-electron chi connectivity index (χ1n) is 7.34. The number of allylic oxidation sites excluding steroid dienone is 1. The van der Waals surface area contributed by atoms with E-state index in [2.05, 4.69) is 55.1 Å². The van der Waals surface area contributed by atoms with Crippen molar-refractivity contribution in [2.75, 3.05) is 6.54 Å². The van der Waals surface area contributed by atoms with Crippen molar-refractivity contribution in [1.82, 2.24) is 0 Å². The van der Waals surface area contributed by atoms with E-state index in [0.29, 0.717) is 18.4 Å². The predicted octanol–water partition coefficient (Wildman–Crippen LogP) is 5.45. The van der Waals surface area contributed by atoms with Gasteiger partial charge >= 0.3 is 0 Å². The van der Waals surface area contributed by atoms with E-state index in [1.54, 1.807) is 0 Å². The summed E-state index contributed by atoms with van der Waals surface area (Å²) in [5, 5.41) is 0. The van der Waals surface area contributed by atoms with Gasteiger partial charge < -0.3 is 4.85 Å². The van der Waals surface area contributed by atoms with Gasteiger partial charge in [0.05, 0.1) is 0 Å². The fourth-order valence-corrected chi connectivity index (χ4v) is 2.46. The third-order valence-electron chi connectivity index (χ3n) is 3.64. The Balaban J connectivity index is 2.53. The van der Waals surface area contributed by atoms with E-state index < -0.39 is 0 Å². The lowest BCUT2D eigenvalue weighted by Gasteiger charge is -2.20. The van der Waals surface area contributed by atoms with Crippen LogP contribution in [0.3, 0.4) is 0 Å². The highest BCUT2D eigenvalue weighted by Crippen LogP contribution is 2.24. The minimum Gasteiger partial charge on any atom is -0.317 e. The number of benzene rings is 1. The van der Waals surface area contributed by atoms with Crippen LogP contribution < -0.4 is 0 Å². The molecular formula is C18H25N. The molecule has 0 radical (unpaired) electrons. The van der Waals surface area contributed by atoms with Crippen molar-refractivity contribution in [3.63, 3.8) is 0 Å². The summed E-state index contributed by atoms with van der Waals surface area (Å²) in [5.41, 5.74) is 1.27. The molecule has 0 saturated heterocycles. The van der Waals surface area contributed by atoms with Crippen LogP contribution in [0.2, 0.25) is 0 Å². The Morgan fingerprint density at radius 2 is 1.95 bits per heavy atom. The number of nitrogens with zero attached hydrogens (tertiary/aromatic N) is 1. The fraction of sp³-hybridized carbons (Fsp3) is 0.500. The number of hydrogen-bond acceptors (Lipinski definition) is 0. The Kier molecular flexibility index (Phi) is 7.66. The second-order valence-corrected chi connectivity index (χ2v) is 5.20. The molecule has 0 aliphatic rings. The smallest absolute Gasteiger partial charge is 0.214 e. The van der Waals surface area contributed by atoms with Crippen molar-refractivity contribution in [3.05, 3.63) is 53.4 Å². The lowest BCUT2D eigenvalue weighted by atomic mass is 9.85. The predicted molar refractivity (Wildman–Crippen MR) is 83.7 cm³/mol. The maximum Gasteiger partial charge on any atom is 0.214 e. The van der Waals surface area contributed by atoms with Crippen molar-refractivity contribution in [2.45, 2.75) is 39.5 Å². The van der Waals surface area contributed by atoms with E-state index in [1.165, 1.54) is 24.8 Å². The van der Waals surface area contributed by atoms with Crippen molar-refractivity contribution < 1.29 is 0 Å². The molecule has 1 aromatic carbocycles. The van der Waals surface area contributed by atoms with Crippen LogP contribution in [0.4, 0.5) is 0 Å². The molecule has 0 aliphatic heterocycles. The Labute approximate surface area is 118 Å². The van der Waals surface area contributed by atoms with Crippen molar-refractivity contribution in [3.8, 4) is 0 Å². The summed E-state index contributed by atoms with van der Waals surface area (Å²) in [5.74, 6) is 1.30. The molecule has 1 heteroatoms. The van der Waals surface area contributed by atoms with Gasteiger partial charge in [-0.25, -0.2) is 6.57 Å². The summed E-state index contributed by atoms with van der Waals surface area (Å²) in [6.45, 7) is 12.1. The van der Waals surface area contributed by atoms with Gasteiger partial charge in [-0.15, -0.1) is 0 Å². The molecule has 0 aromatic heterocycles. The summed E-state index contributed by atoms with van der Waals surface area (Å²) >= 11 is 0. The van der Waals surface area contributed by atoms with Crippen molar-refractivity contribution in [2.24, 2.45) is 11.8 Å². The van der Waals surface area contributed by atoms with Crippen LogP contribution in [0.5, 0.6) is 0 Å². The quantitative estimate of drug-likeness (QED) is 0.429. The molecule has 0 saturated carbocycles. The largest absolute Gasteiger partial charge is 0.317 e. The summed E-state index contributed by atoms with van der Waals surface area (Å²) < 4.78 is 0. The lowest BCUT2D eigenvalue weighted by molar-refractivity contribution is 0.358. The van der Waals surface area contributed by atoms with E-state index >= 15 is 0 Å². The van der Waals surface area contributed by atoms with E-state index in [0.717, 1.165) is 6.42 Å². The number of hydrogen-bond donors (Lipinski definition) is 0. The third kappa shape index (κ3) is 6.25. The zero-order valence-electron chi connectivity index (χ0n) is 12.2. The monoisotopic (exact) mass is 255 g/mol. The highest BCUT2D eigenvalue weighted by atomic mass is 14.6. The molecule has 102 valence electrons. The molecule has 0 spiro atoms. The molecule has 2 atom stereocenters. The molecule has 2 unspecified atom stereocenters. The molecule has 19 heavy (non-hydrogen) atoms. The van der Waals surface area contributed by atoms with Crippen molar-refractivity contribution in [1.29, 1.82) is 0 Å². The van der Waals surface area contributed by atoms with Crippen LogP contribution in [-0.4, -0.2) is 6.54 Å². The molecule has 0 amide bonds. The highest BCUT2D eigenvalue weighted by Gasteiger charge is 2.14. The normalized spacial score (nSPS) is 14.2. The van der Waals surface area contributed by atoms with E-state index in [9.17, 15) is 0 Å². The second kappa shape index (κ2) is 9.39. The van der Waals surface area contributed by atoms with Gasteiger partial charge in [0.1, 0.15) is 0 Å². The fourth-order valence-electron chi connectivity index (χ4n) is 2.46. The molecule has 1 rings (SSSR count). The molecular weight excluding hydrogens is 230 g/mol. The summed E-state index contributed by atoms with van der Waals surface area (Å²) in [6.07, 6.45) is 9.26. The summed E-state index contributed by atoms with van der Waals surface area (Å²) in [4.78, 5) is 3.45. The van der Waals surface area contributed by atoms with Crippen LogP contribution in [0.25, 0.3) is 10.9 Å². The van der Waals surface area contributed by atoms with Crippen LogP contribution in [-0.2, 0) is 0 Å². The maximum absolute atomic E-state index is 6.86. The first-order chi connectivity index (χ1) is 9.27. The van der Waals surface area contributed by atoms with Crippen LogP contribution in [0, 0.1) is 18.4 Å². The minimum absolute atomic E-state index is 0.589. The SMILES string of the molecule is [C-]#[N+]CCCC(CCC)C(C)C=Cc1ccccc1. The zero-order valence-corrected chi connectivity index (χ0v) is 12.2. The van der Waals surface area contributed by atoms with E-state index in [4.69, 9.17) is 6.57 Å². The van der Waals surface area contributed by atoms with Gasteiger partial charge in [0.15, 0.2) is 0 Å². The Bertz CT molecular complexity index is 399. The van der Waals surface area contributed by atoms with E-state index in [-0.39, 0.29) is 0 Å². The Hall–Kier alpha value is -1.55. The van der Waals surface area contributed by atoms with Crippen LogP contribution >= 0.6 is 0 Å². The third-order valence-corrected chi connectivity index (χ3v) is 3.64. The first kappa shape index (κ1) is 15.5. The Morgan fingerprint density at radius 1 is 1.21 bits per heavy atom. The minimum atomic E-state index is 0.589. The van der Waals surface area contributed by atoms with Gasteiger partial charge in [-0.2, -0.15) is 0 Å². The Morgan fingerprint density at radius 3 is 2.58 bits per heavy atom. The molecule has 0 N–H and O–H groups in total. The van der Waals surface area contributed by atoms with Gasteiger partial charge in [-0.1, -0.05) is 69.2 Å². The molecule has 0 fully saturated rings. The van der Waals surface area contributed by atoms with Gasteiger partial charge in [0.2, 0.25) is 6.54 Å². The second-order valence-electron chi connectivity index (χ2n) is 5.20. The topological polar surface area (TPSA) is 4.36 Å². The van der Waals surface area contributed by atoms with E-state index in [1.807, 2.05) is 6.07 Å². The zero-order chi connectivity index (χ0) is 13.9. The molecule has 1 aromatic rings. The summed E-state index contributed by atoms with van der Waals surface area (Å²) in [7, 11) is 0. The highest BCUT2D eigenvalue weighted by molar-refractivity contribution is 5.48. The van der Waals surface area contributed by atoms with Gasteiger partial charge in [-0.3, -0.25) is 0 Å². The maximum atomic E-state index is 6.86. The van der Waals surface area contributed by atoms with Gasteiger partial charge in [0.25, 0.3) is 0 Å². The van der Waals surface area contributed by atoms with Crippen molar-refractivity contribution >= 4 is 6.08 Å². The first-order valence-corrected chi connectivity index (χ1v) is 7.34. The molecule has 0 aliphatic carbocycles. The standard InChI is InChI=1S/C18H25N/c1-4-9-18(12-8-15-19-3)16(2)13-14-17-10-6-5-7-11-17/h5-7,10-11,13-14,16,18H,4,8-9,12,15H2,1-2H3. The van der Waals surface area contributed by atoms with Gasteiger partial charge in [-0.05, 0) is 23.8 Å². The lowest BCUT2D eigenvalue weighted by Crippen LogP contribution is -2.10. The average Bonchev–Trinajstić information content (AvgIpc) is 2.45. The summed E-state index contributed by atoms with van der Waals surface area (Å²) in [6, 6.07) is 10.5. The molecule has 0 heterocycles. The molecule has 0 bridgehead atoms. The van der Waals surface area contributed by atoms with Gasteiger partial charge in [0, 0.05) is 6.42 Å². The van der Waals surface area contributed by atoms with Crippen LogP contribution in [0.1, 0.15) is 45.1 Å².